The van der Waals surface area contributed by atoms with Gasteiger partial charge in [-0.15, -0.1) is 0 Å². The van der Waals surface area contributed by atoms with Gasteiger partial charge in [-0.1, -0.05) is 6.07 Å². The zero-order valence-electron chi connectivity index (χ0n) is 13.2. The van der Waals surface area contributed by atoms with Crippen LogP contribution in [-0.4, -0.2) is 46.5 Å². The Morgan fingerprint density at radius 1 is 1.24 bits per heavy atom. The van der Waals surface area contributed by atoms with Gasteiger partial charge in [0.2, 0.25) is 0 Å². The molecule has 0 radical (unpaired) electrons. The van der Waals surface area contributed by atoms with Crippen molar-refractivity contribution in [3.05, 3.63) is 23.8 Å². The summed E-state index contributed by atoms with van der Waals surface area (Å²) in [4.78, 5) is 4.30. The largest absolute Gasteiger partial charge is 0.493 e. The number of rotatable bonds is 8. The summed E-state index contributed by atoms with van der Waals surface area (Å²) in [5.74, 6) is 1.87. The molecule has 3 N–H and O–H groups in total. The Bertz CT molecular complexity index is 463. The van der Waals surface area contributed by atoms with E-state index in [4.69, 9.17) is 19.9 Å². The fraction of sp³-hybridized carbons (Fsp3) is 0.533. The van der Waals surface area contributed by atoms with Gasteiger partial charge in [0.1, 0.15) is 0 Å². The zero-order chi connectivity index (χ0) is 15.7. The van der Waals surface area contributed by atoms with Gasteiger partial charge in [0.05, 0.1) is 20.8 Å². The lowest BCUT2D eigenvalue weighted by atomic mass is 10.1. The first-order valence-corrected chi connectivity index (χ1v) is 6.87. The van der Waals surface area contributed by atoms with E-state index < -0.39 is 0 Å². The molecule has 1 aromatic carbocycles. The Morgan fingerprint density at radius 3 is 2.57 bits per heavy atom. The predicted octanol–water partition coefficient (Wildman–Crippen LogP) is 1.19. The molecule has 21 heavy (non-hydrogen) atoms. The summed E-state index contributed by atoms with van der Waals surface area (Å²) in [6, 6.07) is 5.97. The summed E-state index contributed by atoms with van der Waals surface area (Å²) in [6.45, 7) is 3.18. The Kier molecular flexibility index (Phi) is 7.39. The lowest BCUT2D eigenvalue weighted by Gasteiger charge is -2.13. The minimum atomic E-state index is 0.139. The third-order valence-corrected chi connectivity index (χ3v) is 2.94. The number of nitrogens with two attached hydrogens (primary N) is 1. The standard InChI is InChI=1S/C15H25N3O3/c1-11(10-19-2)18-15(16)17-8-7-12-5-6-13(20-3)14(9-12)21-4/h5-6,9,11H,7-8,10H2,1-4H3,(H3,16,17,18). The molecule has 0 saturated carbocycles. The normalized spacial score (nSPS) is 12.9. The second kappa shape index (κ2) is 9.07. The molecule has 0 aliphatic carbocycles. The van der Waals surface area contributed by atoms with Crippen molar-refractivity contribution in [3.63, 3.8) is 0 Å². The number of guanidine groups is 1. The average molecular weight is 295 g/mol. The van der Waals surface area contributed by atoms with Crippen molar-refractivity contribution >= 4 is 5.96 Å². The molecule has 0 aliphatic heterocycles. The lowest BCUT2D eigenvalue weighted by molar-refractivity contribution is 0.179. The van der Waals surface area contributed by atoms with Crippen LogP contribution in [0.3, 0.4) is 0 Å². The predicted molar refractivity (Wildman–Crippen MR) is 84.2 cm³/mol. The molecular weight excluding hydrogens is 270 g/mol. The van der Waals surface area contributed by atoms with Crippen LogP contribution in [-0.2, 0) is 11.2 Å². The maximum atomic E-state index is 5.81. The Labute approximate surface area is 126 Å². The first-order valence-electron chi connectivity index (χ1n) is 6.87. The van der Waals surface area contributed by atoms with Crippen LogP contribution in [0.2, 0.25) is 0 Å². The van der Waals surface area contributed by atoms with Gasteiger partial charge in [0.25, 0.3) is 0 Å². The van der Waals surface area contributed by atoms with Crippen LogP contribution in [0.25, 0.3) is 0 Å². The second-order valence-corrected chi connectivity index (χ2v) is 4.71. The van der Waals surface area contributed by atoms with E-state index in [-0.39, 0.29) is 6.04 Å². The molecule has 0 aromatic heterocycles. The number of aliphatic imine (C=N–C) groups is 1. The molecule has 1 rings (SSSR count). The molecule has 1 atom stereocenters. The smallest absolute Gasteiger partial charge is 0.188 e. The maximum Gasteiger partial charge on any atom is 0.188 e. The Hall–Kier alpha value is -1.95. The summed E-state index contributed by atoms with van der Waals surface area (Å²) in [6.07, 6.45) is 0.779. The number of hydrogen-bond donors (Lipinski definition) is 2. The quantitative estimate of drug-likeness (QED) is 0.556. The topological polar surface area (TPSA) is 78.1 Å². The number of methoxy groups -OCH3 is 3. The molecule has 0 fully saturated rings. The number of benzene rings is 1. The van der Waals surface area contributed by atoms with E-state index in [0.717, 1.165) is 23.5 Å². The molecule has 1 unspecified atom stereocenters. The lowest BCUT2D eigenvalue weighted by Crippen LogP contribution is -2.40. The van der Waals surface area contributed by atoms with Crippen LogP contribution < -0.4 is 20.5 Å². The molecule has 6 nitrogen and oxygen atoms in total. The number of nitrogens with one attached hydrogen (secondary N) is 1. The zero-order valence-corrected chi connectivity index (χ0v) is 13.2. The summed E-state index contributed by atoms with van der Waals surface area (Å²) in [7, 11) is 4.90. The number of nitrogens with zero attached hydrogens (tertiary/aromatic N) is 1. The molecule has 0 heterocycles. The van der Waals surface area contributed by atoms with Gasteiger partial charge >= 0.3 is 0 Å². The van der Waals surface area contributed by atoms with Crippen molar-refractivity contribution in [2.45, 2.75) is 19.4 Å². The molecule has 0 amide bonds. The van der Waals surface area contributed by atoms with Crippen LogP contribution >= 0.6 is 0 Å². The van der Waals surface area contributed by atoms with Crippen molar-refractivity contribution in [2.24, 2.45) is 10.7 Å². The van der Waals surface area contributed by atoms with Gasteiger partial charge in [0.15, 0.2) is 17.5 Å². The van der Waals surface area contributed by atoms with Crippen molar-refractivity contribution in [3.8, 4) is 11.5 Å². The van der Waals surface area contributed by atoms with Crippen LogP contribution in [0.5, 0.6) is 11.5 Å². The van der Waals surface area contributed by atoms with E-state index in [2.05, 4.69) is 10.3 Å². The fourth-order valence-electron chi connectivity index (χ4n) is 1.93. The van der Waals surface area contributed by atoms with E-state index >= 15 is 0 Å². The first kappa shape index (κ1) is 17.1. The van der Waals surface area contributed by atoms with Crippen molar-refractivity contribution < 1.29 is 14.2 Å². The van der Waals surface area contributed by atoms with Crippen LogP contribution in [0.4, 0.5) is 0 Å². The van der Waals surface area contributed by atoms with Gasteiger partial charge < -0.3 is 25.3 Å². The van der Waals surface area contributed by atoms with Gasteiger partial charge in [-0.25, -0.2) is 0 Å². The van der Waals surface area contributed by atoms with Gasteiger partial charge in [0, 0.05) is 19.7 Å². The van der Waals surface area contributed by atoms with Gasteiger partial charge in [-0.2, -0.15) is 0 Å². The molecular formula is C15H25N3O3. The van der Waals surface area contributed by atoms with E-state index in [1.165, 1.54) is 0 Å². The second-order valence-electron chi connectivity index (χ2n) is 4.71. The highest BCUT2D eigenvalue weighted by molar-refractivity contribution is 5.78. The van der Waals surface area contributed by atoms with Crippen molar-refractivity contribution in [1.29, 1.82) is 0 Å². The Morgan fingerprint density at radius 2 is 1.95 bits per heavy atom. The van der Waals surface area contributed by atoms with Crippen LogP contribution in [0, 0.1) is 0 Å². The summed E-state index contributed by atoms with van der Waals surface area (Å²) >= 11 is 0. The van der Waals surface area contributed by atoms with Crippen LogP contribution in [0.15, 0.2) is 23.2 Å². The molecule has 0 aliphatic rings. The highest BCUT2D eigenvalue weighted by Crippen LogP contribution is 2.27. The molecule has 1 aromatic rings. The minimum Gasteiger partial charge on any atom is -0.493 e. The van der Waals surface area contributed by atoms with E-state index in [9.17, 15) is 0 Å². The van der Waals surface area contributed by atoms with E-state index in [0.29, 0.717) is 19.1 Å². The number of ether oxygens (including phenoxy) is 3. The third-order valence-electron chi connectivity index (χ3n) is 2.94. The number of hydrogen-bond acceptors (Lipinski definition) is 4. The molecule has 0 bridgehead atoms. The third kappa shape index (κ3) is 5.91. The molecule has 0 spiro atoms. The van der Waals surface area contributed by atoms with Crippen molar-refractivity contribution in [2.75, 3.05) is 34.5 Å². The van der Waals surface area contributed by atoms with Crippen molar-refractivity contribution in [1.82, 2.24) is 5.32 Å². The SMILES string of the molecule is COCC(C)NC(N)=NCCc1ccc(OC)c(OC)c1. The summed E-state index contributed by atoms with van der Waals surface area (Å²) in [5, 5.41) is 3.07. The van der Waals surface area contributed by atoms with E-state index in [1.807, 2.05) is 25.1 Å². The minimum absolute atomic E-state index is 0.139. The molecule has 118 valence electrons. The summed E-state index contributed by atoms with van der Waals surface area (Å²) < 4.78 is 15.5. The highest BCUT2D eigenvalue weighted by atomic mass is 16.5. The summed E-state index contributed by atoms with van der Waals surface area (Å²) in [5.41, 5.74) is 6.93. The van der Waals surface area contributed by atoms with E-state index in [1.54, 1.807) is 21.3 Å². The van der Waals surface area contributed by atoms with Gasteiger partial charge in [-0.05, 0) is 31.0 Å². The first-order chi connectivity index (χ1) is 10.1. The molecule has 0 saturated heterocycles. The maximum absolute atomic E-state index is 5.81. The van der Waals surface area contributed by atoms with Gasteiger partial charge in [-0.3, -0.25) is 4.99 Å². The highest BCUT2D eigenvalue weighted by Gasteiger charge is 2.05. The average Bonchev–Trinajstić information content (AvgIpc) is 2.47. The monoisotopic (exact) mass is 295 g/mol. The fourth-order valence-corrected chi connectivity index (χ4v) is 1.93. The van der Waals surface area contributed by atoms with Crippen LogP contribution in [0.1, 0.15) is 12.5 Å². The Balaban J connectivity index is 2.51. The molecule has 6 heteroatoms.